The molecule has 0 radical (unpaired) electrons. The third-order valence-electron chi connectivity index (χ3n) is 5.28. The largest absolute Gasteiger partial charge is 0.384 e. The van der Waals surface area contributed by atoms with Gasteiger partial charge in [-0.1, -0.05) is 12.1 Å². The molecule has 0 unspecified atom stereocenters. The van der Waals surface area contributed by atoms with Gasteiger partial charge in [0.1, 0.15) is 17.3 Å². The Morgan fingerprint density at radius 3 is 2.93 bits per heavy atom. The zero-order valence-corrected chi connectivity index (χ0v) is 16.9. The van der Waals surface area contributed by atoms with Crippen molar-refractivity contribution in [3.05, 3.63) is 53.5 Å². The SMILES string of the molecule is Cc1cc(C2=CCC(C(=O)Nc3cccc(F)c3N3CCC[C@@H](N)C3)=N2)cc(N)n1. The molecule has 1 aromatic heterocycles. The molecule has 30 heavy (non-hydrogen) atoms. The van der Waals surface area contributed by atoms with Crippen molar-refractivity contribution < 1.29 is 9.18 Å². The summed E-state index contributed by atoms with van der Waals surface area (Å²) in [5.74, 6) is -0.326. The van der Waals surface area contributed by atoms with E-state index < -0.39 is 0 Å². The summed E-state index contributed by atoms with van der Waals surface area (Å²) < 4.78 is 14.7. The second-order valence-electron chi connectivity index (χ2n) is 7.71. The number of nitrogens with two attached hydrogens (primary N) is 2. The lowest BCUT2D eigenvalue weighted by atomic mass is 10.1. The van der Waals surface area contributed by atoms with Crippen LogP contribution in [0.25, 0.3) is 5.70 Å². The number of aromatic nitrogens is 1. The molecule has 1 amide bonds. The van der Waals surface area contributed by atoms with Crippen LogP contribution in [-0.2, 0) is 4.79 Å². The molecular weight excluding hydrogens is 383 g/mol. The van der Waals surface area contributed by atoms with Crippen molar-refractivity contribution in [2.45, 2.75) is 32.2 Å². The van der Waals surface area contributed by atoms with Gasteiger partial charge in [-0.2, -0.15) is 0 Å². The Hall–Kier alpha value is -3.26. The predicted octanol–water partition coefficient (Wildman–Crippen LogP) is 2.86. The van der Waals surface area contributed by atoms with Crippen LogP contribution in [0.2, 0.25) is 0 Å². The minimum atomic E-state index is -0.378. The molecule has 2 aliphatic rings. The molecule has 1 saturated heterocycles. The van der Waals surface area contributed by atoms with E-state index in [1.807, 2.05) is 24.0 Å². The third kappa shape index (κ3) is 4.18. The van der Waals surface area contributed by atoms with E-state index in [9.17, 15) is 9.18 Å². The first-order valence-electron chi connectivity index (χ1n) is 10.0. The molecule has 0 aliphatic carbocycles. The van der Waals surface area contributed by atoms with Crippen LogP contribution in [0.15, 0.2) is 41.4 Å². The van der Waals surface area contributed by atoms with E-state index in [1.54, 1.807) is 18.2 Å². The van der Waals surface area contributed by atoms with Gasteiger partial charge in [0.25, 0.3) is 5.91 Å². The second kappa shape index (κ2) is 8.23. The Morgan fingerprint density at radius 1 is 1.33 bits per heavy atom. The molecule has 1 aromatic carbocycles. The minimum Gasteiger partial charge on any atom is -0.384 e. The number of benzene rings is 1. The highest BCUT2D eigenvalue weighted by Gasteiger charge is 2.24. The first kappa shape index (κ1) is 20.0. The van der Waals surface area contributed by atoms with Crippen molar-refractivity contribution >= 4 is 34.5 Å². The van der Waals surface area contributed by atoms with E-state index in [-0.39, 0.29) is 17.8 Å². The van der Waals surface area contributed by atoms with Gasteiger partial charge in [-0.05, 0) is 44.0 Å². The number of allylic oxidation sites excluding steroid dienone is 1. The van der Waals surface area contributed by atoms with Crippen molar-refractivity contribution in [2.24, 2.45) is 10.7 Å². The quantitative estimate of drug-likeness (QED) is 0.721. The van der Waals surface area contributed by atoms with Crippen LogP contribution >= 0.6 is 0 Å². The highest BCUT2D eigenvalue weighted by atomic mass is 19.1. The zero-order valence-electron chi connectivity index (χ0n) is 16.9. The Bertz CT molecular complexity index is 1030. The second-order valence-corrected chi connectivity index (χ2v) is 7.71. The molecule has 5 N–H and O–H groups in total. The van der Waals surface area contributed by atoms with Gasteiger partial charge >= 0.3 is 0 Å². The van der Waals surface area contributed by atoms with Crippen LogP contribution in [-0.4, -0.2) is 35.7 Å². The fraction of sp³-hybridized carbons (Fsp3) is 0.318. The van der Waals surface area contributed by atoms with E-state index in [0.29, 0.717) is 48.1 Å². The standard InChI is InChI=1S/C22H25FN6O/c1-13-10-14(11-20(25)26-13)17-7-8-19(27-17)22(30)28-18-6-2-5-16(23)21(18)29-9-3-4-15(24)12-29/h2,5-7,10-11,15H,3-4,8-9,12,24H2,1H3,(H2,25,26)(H,28,30)/t15-/m1/s1. The van der Waals surface area contributed by atoms with Gasteiger partial charge in [-0.3, -0.25) is 4.79 Å². The van der Waals surface area contributed by atoms with E-state index in [4.69, 9.17) is 11.5 Å². The fourth-order valence-electron chi connectivity index (χ4n) is 3.94. The van der Waals surface area contributed by atoms with Crippen molar-refractivity contribution in [1.29, 1.82) is 0 Å². The van der Waals surface area contributed by atoms with Crippen LogP contribution in [0.5, 0.6) is 0 Å². The summed E-state index contributed by atoms with van der Waals surface area (Å²) in [6.45, 7) is 3.11. The lowest BCUT2D eigenvalue weighted by Gasteiger charge is -2.34. The normalized spacial score (nSPS) is 18.8. The maximum atomic E-state index is 14.7. The number of carbonyl (C=O) groups is 1. The maximum absolute atomic E-state index is 14.7. The Labute approximate surface area is 174 Å². The molecule has 1 fully saturated rings. The number of anilines is 3. The van der Waals surface area contributed by atoms with Gasteiger partial charge in [0.05, 0.1) is 17.1 Å². The third-order valence-corrected chi connectivity index (χ3v) is 5.28. The van der Waals surface area contributed by atoms with Gasteiger partial charge < -0.3 is 21.7 Å². The van der Waals surface area contributed by atoms with Crippen LogP contribution in [0, 0.1) is 12.7 Å². The van der Waals surface area contributed by atoms with Crippen molar-refractivity contribution in [3.8, 4) is 0 Å². The lowest BCUT2D eigenvalue weighted by molar-refractivity contribution is -0.110. The van der Waals surface area contributed by atoms with Crippen LogP contribution < -0.4 is 21.7 Å². The number of hydrogen-bond donors (Lipinski definition) is 3. The topological polar surface area (TPSA) is 110 Å². The van der Waals surface area contributed by atoms with Crippen molar-refractivity contribution in [3.63, 3.8) is 0 Å². The van der Waals surface area contributed by atoms with Crippen LogP contribution in [0.3, 0.4) is 0 Å². The fourth-order valence-corrected chi connectivity index (χ4v) is 3.94. The molecule has 0 spiro atoms. The molecule has 2 aliphatic heterocycles. The van der Waals surface area contributed by atoms with Gasteiger partial charge in [0, 0.05) is 36.8 Å². The number of nitrogen functional groups attached to an aromatic ring is 1. The van der Waals surface area contributed by atoms with Crippen molar-refractivity contribution in [2.75, 3.05) is 29.0 Å². The maximum Gasteiger partial charge on any atom is 0.270 e. The lowest BCUT2D eigenvalue weighted by Crippen LogP contribution is -2.43. The van der Waals surface area contributed by atoms with Gasteiger partial charge in [0.15, 0.2) is 0 Å². The number of rotatable bonds is 4. The number of halogens is 1. The van der Waals surface area contributed by atoms with E-state index in [2.05, 4.69) is 15.3 Å². The summed E-state index contributed by atoms with van der Waals surface area (Å²) in [6, 6.07) is 8.27. The number of para-hydroxylation sites is 1. The van der Waals surface area contributed by atoms with E-state index >= 15 is 0 Å². The van der Waals surface area contributed by atoms with E-state index in [0.717, 1.165) is 24.1 Å². The predicted molar refractivity (Wildman–Crippen MR) is 118 cm³/mol. The van der Waals surface area contributed by atoms with E-state index in [1.165, 1.54) is 6.07 Å². The minimum absolute atomic E-state index is 0.0101. The number of piperidine rings is 1. The molecule has 8 heteroatoms. The average molecular weight is 408 g/mol. The number of amides is 1. The molecule has 0 bridgehead atoms. The molecule has 3 heterocycles. The molecule has 1 atom stereocenters. The van der Waals surface area contributed by atoms with Gasteiger partial charge in [-0.25, -0.2) is 14.4 Å². The van der Waals surface area contributed by atoms with Crippen LogP contribution in [0.4, 0.5) is 21.6 Å². The summed E-state index contributed by atoms with van der Waals surface area (Å²) in [4.78, 5) is 23.4. The first-order chi connectivity index (χ1) is 14.4. The summed E-state index contributed by atoms with van der Waals surface area (Å²) >= 11 is 0. The summed E-state index contributed by atoms with van der Waals surface area (Å²) in [5, 5.41) is 2.84. The number of aliphatic imine (C=N–C) groups is 1. The summed E-state index contributed by atoms with van der Waals surface area (Å²) in [7, 11) is 0. The van der Waals surface area contributed by atoms with Gasteiger partial charge in [0.2, 0.25) is 0 Å². The summed E-state index contributed by atoms with van der Waals surface area (Å²) in [5.41, 5.74) is 15.3. The molecule has 4 rings (SSSR count). The molecule has 0 saturated carbocycles. The Morgan fingerprint density at radius 2 is 2.17 bits per heavy atom. The molecular formula is C22H25FN6O. The van der Waals surface area contributed by atoms with Gasteiger partial charge in [-0.15, -0.1) is 0 Å². The number of aryl methyl sites for hydroxylation is 1. The monoisotopic (exact) mass is 408 g/mol. The number of nitrogens with one attached hydrogen (secondary N) is 1. The Balaban J connectivity index is 1.54. The number of carbonyl (C=O) groups excluding carboxylic acids is 1. The van der Waals surface area contributed by atoms with Crippen molar-refractivity contribution in [1.82, 2.24) is 4.98 Å². The zero-order chi connectivity index (χ0) is 21.3. The Kier molecular flexibility index (Phi) is 5.50. The smallest absolute Gasteiger partial charge is 0.270 e. The van der Waals surface area contributed by atoms with Crippen LogP contribution in [0.1, 0.15) is 30.5 Å². The highest BCUT2D eigenvalue weighted by Crippen LogP contribution is 2.32. The number of hydrogen-bond acceptors (Lipinski definition) is 6. The molecule has 156 valence electrons. The molecule has 7 nitrogen and oxygen atoms in total. The highest BCUT2D eigenvalue weighted by molar-refractivity contribution is 6.45. The summed E-state index contributed by atoms with van der Waals surface area (Å²) in [6.07, 6.45) is 4.06. The average Bonchev–Trinajstić information content (AvgIpc) is 3.18. The number of nitrogens with zero attached hydrogens (tertiary/aromatic N) is 3. The number of pyridine rings is 1. The molecule has 2 aromatic rings. The first-order valence-corrected chi connectivity index (χ1v) is 10.0.